The number of halogens is 1. The lowest BCUT2D eigenvalue weighted by Gasteiger charge is -2.28. The van der Waals surface area contributed by atoms with Crippen molar-refractivity contribution in [1.29, 1.82) is 0 Å². The minimum Gasteiger partial charge on any atom is -0.332 e. The van der Waals surface area contributed by atoms with Crippen molar-refractivity contribution in [3.63, 3.8) is 0 Å². The normalized spacial score (nSPS) is 11.8. The maximum atomic E-state index is 13.5. The summed E-state index contributed by atoms with van der Waals surface area (Å²) < 4.78 is 28.9. The van der Waals surface area contributed by atoms with Crippen LogP contribution in [0.25, 0.3) is 0 Å². The van der Waals surface area contributed by atoms with Gasteiger partial charge in [-0.15, -0.1) is 11.3 Å². The topological polar surface area (TPSA) is 57.7 Å². The van der Waals surface area contributed by atoms with Crippen LogP contribution in [0.2, 0.25) is 0 Å². The van der Waals surface area contributed by atoms with Gasteiger partial charge in [-0.05, 0) is 59.7 Å². The van der Waals surface area contributed by atoms with E-state index in [-0.39, 0.29) is 29.8 Å². The number of nitrogens with zero attached hydrogens (tertiary/aromatic N) is 2. The SMILES string of the molecule is Cc1ccsc1CN(Cc1ccccc1)C(=O)CN(CC(C)C)S(=O)(=O)c1ccc(Br)cc1. The number of sulfonamides is 1. The molecule has 0 saturated carbocycles. The maximum absolute atomic E-state index is 13.5. The lowest BCUT2D eigenvalue weighted by molar-refractivity contribution is -0.132. The molecule has 176 valence electrons. The van der Waals surface area contributed by atoms with E-state index >= 15 is 0 Å². The van der Waals surface area contributed by atoms with Crippen LogP contribution < -0.4 is 0 Å². The second-order valence-corrected chi connectivity index (χ2v) is 12.3. The van der Waals surface area contributed by atoms with E-state index in [2.05, 4.69) is 15.9 Å². The van der Waals surface area contributed by atoms with Gasteiger partial charge in [0.15, 0.2) is 0 Å². The van der Waals surface area contributed by atoms with Gasteiger partial charge < -0.3 is 4.90 Å². The minimum absolute atomic E-state index is 0.0742. The highest BCUT2D eigenvalue weighted by Crippen LogP contribution is 2.22. The molecule has 8 heteroatoms. The van der Waals surface area contributed by atoms with Crippen LogP contribution in [-0.4, -0.2) is 36.6 Å². The number of hydrogen-bond donors (Lipinski definition) is 0. The molecule has 0 fully saturated rings. The predicted octanol–water partition coefficient (Wildman–Crippen LogP) is 5.69. The fourth-order valence-corrected chi connectivity index (χ4v) is 6.17. The highest BCUT2D eigenvalue weighted by Gasteiger charge is 2.29. The lowest BCUT2D eigenvalue weighted by atomic mass is 10.2. The van der Waals surface area contributed by atoms with Crippen LogP contribution in [0.15, 0.2) is 75.4 Å². The van der Waals surface area contributed by atoms with Crippen molar-refractivity contribution in [3.8, 4) is 0 Å². The Labute approximate surface area is 209 Å². The monoisotopic (exact) mass is 548 g/mol. The molecule has 5 nitrogen and oxygen atoms in total. The number of carbonyl (C=O) groups excluding carboxylic acids is 1. The lowest BCUT2D eigenvalue weighted by Crippen LogP contribution is -2.43. The zero-order valence-electron chi connectivity index (χ0n) is 19.1. The first-order valence-corrected chi connectivity index (χ1v) is 13.9. The zero-order valence-corrected chi connectivity index (χ0v) is 22.3. The van der Waals surface area contributed by atoms with Crippen LogP contribution in [0, 0.1) is 12.8 Å². The molecule has 1 heterocycles. The van der Waals surface area contributed by atoms with E-state index in [9.17, 15) is 13.2 Å². The second-order valence-electron chi connectivity index (χ2n) is 8.41. The molecule has 0 aliphatic heterocycles. The van der Waals surface area contributed by atoms with Crippen LogP contribution in [0.4, 0.5) is 0 Å². The molecular formula is C25H29BrN2O3S2. The zero-order chi connectivity index (χ0) is 24.0. The van der Waals surface area contributed by atoms with Crippen LogP contribution in [0.3, 0.4) is 0 Å². The van der Waals surface area contributed by atoms with Crippen LogP contribution in [0.5, 0.6) is 0 Å². The van der Waals surface area contributed by atoms with Crippen LogP contribution in [-0.2, 0) is 27.9 Å². The summed E-state index contributed by atoms with van der Waals surface area (Å²) in [4.78, 5) is 16.6. The van der Waals surface area contributed by atoms with E-state index in [0.29, 0.717) is 13.1 Å². The van der Waals surface area contributed by atoms with Gasteiger partial charge in [0.25, 0.3) is 0 Å². The summed E-state index contributed by atoms with van der Waals surface area (Å²) in [5.41, 5.74) is 2.14. The molecule has 0 aliphatic carbocycles. The summed E-state index contributed by atoms with van der Waals surface area (Å²) in [5.74, 6) is -0.141. The highest BCUT2D eigenvalue weighted by molar-refractivity contribution is 9.10. The smallest absolute Gasteiger partial charge is 0.243 e. The Kier molecular flexibility index (Phi) is 8.87. The molecule has 33 heavy (non-hydrogen) atoms. The third-order valence-corrected chi connectivity index (χ3v) is 8.57. The van der Waals surface area contributed by atoms with Gasteiger partial charge in [-0.3, -0.25) is 4.79 Å². The number of amides is 1. The Hall–Kier alpha value is -2.00. The molecule has 0 spiro atoms. The number of hydrogen-bond acceptors (Lipinski definition) is 4. The number of aryl methyl sites for hydroxylation is 1. The van der Waals surface area contributed by atoms with Crippen LogP contribution >= 0.6 is 27.3 Å². The summed E-state index contributed by atoms with van der Waals surface area (Å²) in [5, 5.41) is 2.01. The van der Waals surface area contributed by atoms with Crippen molar-refractivity contribution in [2.75, 3.05) is 13.1 Å². The summed E-state index contributed by atoms with van der Waals surface area (Å²) in [7, 11) is -3.82. The summed E-state index contributed by atoms with van der Waals surface area (Å²) in [6.07, 6.45) is 0. The third kappa shape index (κ3) is 6.99. The first-order valence-electron chi connectivity index (χ1n) is 10.8. The van der Waals surface area contributed by atoms with E-state index in [1.54, 1.807) is 40.5 Å². The van der Waals surface area contributed by atoms with Gasteiger partial charge in [-0.1, -0.05) is 60.1 Å². The average Bonchev–Trinajstić information content (AvgIpc) is 3.18. The fraction of sp³-hybridized carbons (Fsp3) is 0.320. The maximum Gasteiger partial charge on any atom is 0.243 e. The van der Waals surface area contributed by atoms with E-state index in [4.69, 9.17) is 0 Å². The summed E-state index contributed by atoms with van der Waals surface area (Å²) in [6, 6.07) is 18.3. The van der Waals surface area contributed by atoms with E-state index in [1.165, 1.54) is 4.31 Å². The Balaban J connectivity index is 1.88. The Morgan fingerprint density at radius 2 is 1.67 bits per heavy atom. The van der Waals surface area contributed by atoms with Crippen molar-refractivity contribution < 1.29 is 13.2 Å². The fourth-order valence-electron chi connectivity index (χ4n) is 3.44. The largest absolute Gasteiger partial charge is 0.332 e. The molecule has 0 saturated heterocycles. The molecule has 1 amide bonds. The summed E-state index contributed by atoms with van der Waals surface area (Å²) >= 11 is 4.96. The molecule has 0 radical (unpaired) electrons. The minimum atomic E-state index is -3.82. The molecule has 0 unspecified atom stereocenters. The van der Waals surface area contributed by atoms with Crippen molar-refractivity contribution in [3.05, 3.63) is 86.5 Å². The van der Waals surface area contributed by atoms with Gasteiger partial charge in [0.2, 0.25) is 15.9 Å². The molecular weight excluding hydrogens is 520 g/mol. The van der Waals surface area contributed by atoms with Gasteiger partial charge >= 0.3 is 0 Å². The molecule has 3 aromatic rings. The van der Waals surface area contributed by atoms with Gasteiger partial charge in [0.05, 0.1) is 18.0 Å². The van der Waals surface area contributed by atoms with Gasteiger partial charge in [0.1, 0.15) is 0 Å². The molecule has 0 atom stereocenters. The molecule has 0 aliphatic rings. The Morgan fingerprint density at radius 3 is 2.24 bits per heavy atom. The van der Waals surface area contributed by atoms with E-state index in [1.807, 2.05) is 62.5 Å². The predicted molar refractivity (Wildman–Crippen MR) is 137 cm³/mol. The third-order valence-electron chi connectivity index (χ3n) is 5.20. The first kappa shape index (κ1) is 25.6. The van der Waals surface area contributed by atoms with Crippen molar-refractivity contribution in [1.82, 2.24) is 9.21 Å². The van der Waals surface area contributed by atoms with Crippen molar-refractivity contribution in [2.45, 2.75) is 38.8 Å². The van der Waals surface area contributed by atoms with Gasteiger partial charge in [0, 0.05) is 22.4 Å². The van der Waals surface area contributed by atoms with Gasteiger partial charge in [-0.2, -0.15) is 4.31 Å². The number of thiophene rings is 1. The van der Waals surface area contributed by atoms with Crippen molar-refractivity contribution >= 4 is 43.2 Å². The quantitative estimate of drug-likeness (QED) is 0.326. The average molecular weight is 550 g/mol. The van der Waals surface area contributed by atoms with E-state index < -0.39 is 10.0 Å². The number of carbonyl (C=O) groups is 1. The Bertz CT molecular complexity index is 1160. The molecule has 2 aromatic carbocycles. The Morgan fingerprint density at radius 1 is 1.00 bits per heavy atom. The van der Waals surface area contributed by atoms with Crippen molar-refractivity contribution in [2.24, 2.45) is 5.92 Å². The second kappa shape index (κ2) is 11.4. The summed E-state index contributed by atoms with van der Waals surface area (Å²) in [6.45, 7) is 6.86. The van der Waals surface area contributed by atoms with Crippen LogP contribution in [0.1, 0.15) is 29.9 Å². The van der Waals surface area contributed by atoms with Gasteiger partial charge in [-0.25, -0.2) is 8.42 Å². The molecule has 0 bridgehead atoms. The standard InChI is InChI=1S/C25H29BrN2O3S2/c1-19(2)15-28(33(30,31)23-11-9-22(26)10-12-23)18-25(29)27(16-21-7-5-4-6-8-21)17-24-20(3)13-14-32-24/h4-14,19H,15-18H2,1-3H3. The number of rotatable bonds is 10. The van der Waals surface area contributed by atoms with E-state index in [0.717, 1.165) is 20.5 Å². The number of benzene rings is 2. The molecule has 3 rings (SSSR count). The molecule has 0 N–H and O–H groups in total. The highest BCUT2D eigenvalue weighted by atomic mass is 79.9. The first-order chi connectivity index (χ1) is 15.7. The molecule has 1 aromatic heterocycles.